The van der Waals surface area contributed by atoms with Gasteiger partial charge in [-0.1, -0.05) is 24.3 Å². The molecule has 2 heterocycles. The van der Waals surface area contributed by atoms with Crippen molar-refractivity contribution in [1.29, 1.82) is 0 Å². The Labute approximate surface area is 153 Å². The third kappa shape index (κ3) is 3.24. The largest absolute Gasteiger partial charge is 0.309 e. The highest BCUT2D eigenvalue weighted by molar-refractivity contribution is 7.13. The van der Waals surface area contributed by atoms with Crippen LogP contribution in [-0.4, -0.2) is 17.4 Å². The lowest BCUT2D eigenvalue weighted by molar-refractivity contribution is -0.118. The SMILES string of the molecule is O=C(Cc1csc(-c2cccc(F)c2)n1)N1CCCc2cccc(F)c21. The third-order valence-corrected chi connectivity index (χ3v) is 5.36. The van der Waals surface area contributed by atoms with Gasteiger partial charge in [0.1, 0.15) is 16.6 Å². The van der Waals surface area contributed by atoms with Crippen molar-refractivity contribution in [3.8, 4) is 10.6 Å². The molecule has 6 heteroatoms. The van der Waals surface area contributed by atoms with Gasteiger partial charge in [-0.2, -0.15) is 0 Å². The number of fused-ring (bicyclic) bond motifs is 1. The van der Waals surface area contributed by atoms with E-state index in [-0.39, 0.29) is 24.0 Å². The van der Waals surface area contributed by atoms with E-state index in [0.29, 0.717) is 28.5 Å². The van der Waals surface area contributed by atoms with Gasteiger partial charge in [0.05, 0.1) is 17.8 Å². The third-order valence-electron chi connectivity index (χ3n) is 4.42. The van der Waals surface area contributed by atoms with Crippen LogP contribution in [0.25, 0.3) is 10.6 Å². The van der Waals surface area contributed by atoms with Crippen LogP contribution in [0.3, 0.4) is 0 Å². The lowest BCUT2D eigenvalue weighted by Crippen LogP contribution is -2.37. The van der Waals surface area contributed by atoms with Crippen LogP contribution >= 0.6 is 11.3 Å². The number of nitrogens with zero attached hydrogens (tertiary/aromatic N) is 2. The van der Waals surface area contributed by atoms with Crippen LogP contribution in [0.15, 0.2) is 47.8 Å². The number of para-hydroxylation sites is 1. The maximum Gasteiger partial charge on any atom is 0.233 e. The maximum absolute atomic E-state index is 14.2. The first-order valence-corrected chi connectivity index (χ1v) is 9.28. The molecule has 0 bridgehead atoms. The Balaban J connectivity index is 1.55. The Bertz CT molecular complexity index is 970. The molecule has 1 amide bonds. The van der Waals surface area contributed by atoms with Gasteiger partial charge in [0.15, 0.2) is 0 Å². The maximum atomic E-state index is 14.2. The molecule has 3 aromatic rings. The first kappa shape index (κ1) is 16.8. The van der Waals surface area contributed by atoms with E-state index in [0.717, 1.165) is 18.4 Å². The summed E-state index contributed by atoms with van der Waals surface area (Å²) in [6.45, 7) is 0.508. The summed E-state index contributed by atoms with van der Waals surface area (Å²) in [5, 5.41) is 2.46. The van der Waals surface area contributed by atoms with E-state index in [4.69, 9.17) is 0 Å². The minimum atomic E-state index is -0.366. The molecule has 1 aromatic heterocycles. The van der Waals surface area contributed by atoms with E-state index in [2.05, 4.69) is 4.98 Å². The normalized spacial score (nSPS) is 13.5. The summed E-state index contributed by atoms with van der Waals surface area (Å²) in [4.78, 5) is 18.7. The number of aryl methyl sites for hydroxylation is 1. The zero-order valence-electron chi connectivity index (χ0n) is 13.9. The average molecular weight is 370 g/mol. The summed E-state index contributed by atoms with van der Waals surface area (Å²) in [5.41, 5.74) is 2.55. The van der Waals surface area contributed by atoms with Crippen LogP contribution in [0.1, 0.15) is 17.7 Å². The van der Waals surface area contributed by atoms with Crippen LogP contribution in [0.4, 0.5) is 14.5 Å². The Hall–Kier alpha value is -2.60. The fourth-order valence-corrected chi connectivity index (χ4v) is 4.06. The predicted molar refractivity (Wildman–Crippen MR) is 98.3 cm³/mol. The minimum absolute atomic E-state index is 0.0968. The van der Waals surface area contributed by atoms with E-state index in [1.807, 2.05) is 6.07 Å². The van der Waals surface area contributed by atoms with Crippen molar-refractivity contribution in [1.82, 2.24) is 4.98 Å². The molecular weight excluding hydrogens is 354 g/mol. The molecular formula is C20H16F2N2OS. The van der Waals surface area contributed by atoms with Gasteiger partial charge in [-0.3, -0.25) is 4.79 Å². The molecule has 2 aromatic carbocycles. The number of carbonyl (C=O) groups is 1. The number of benzene rings is 2. The molecule has 0 atom stereocenters. The topological polar surface area (TPSA) is 33.2 Å². The highest BCUT2D eigenvalue weighted by Gasteiger charge is 2.26. The lowest BCUT2D eigenvalue weighted by Gasteiger charge is -2.29. The van der Waals surface area contributed by atoms with Crippen molar-refractivity contribution >= 4 is 22.9 Å². The number of aromatic nitrogens is 1. The first-order chi connectivity index (χ1) is 12.6. The molecule has 26 heavy (non-hydrogen) atoms. The number of carbonyl (C=O) groups excluding carboxylic acids is 1. The second kappa shape index (κ2) is 6.96. The molecule has 4 rings (SSSR count). The number of thiazole rings is 1. The Morgan fingerprint density at radius 1 is 1.19 bits per heavy atom. The van der Waals surface area contributed by atoms with Crippen molar-refractivity contribution < 1.29 is 13.6 Å². The summed E-state index contributed by atoms with van der Waals surface area (Å²) in [6, 6.07) is 11.1. The summed E-state index contributed by atoms with van der Waals surface area (Å²) in [7, 11) is 0. The highest BCUT2D eigenvalue weighted by Crippen LogP contribution is 2.31. The van der Waals surface area contributed by atoms with E-state index in [1.165, 1.54) is 34.4 Å². The number of hydrogen-bond acceptors (Lipinski definition) is 3. The Morgan fingerprint density at radius 2 is 2.04 bits per heavy atom. The van der Waals surface area contributed by atoms with E-state index >= 15 is 0 Å². The van der Waals surface area contributed by atoms with Crippen molar-refractivity contribution in [3.05, 3.63) is 70.7 Å². The first-order valence-electron chi connectivity index (χ1n) is 8.40. The van der Waals surface area contributed by atoms with Gasteiger partial charge in [-0.25, -0.2) is 13.8 Å². The van der Waals surface area contributed by atoms with Crippen molar-refractivity contribution in [2.24, 2.45) is 0 Å². The number of rotatable bonds is 3. The summed E-state index contributed by atoms with van der Waals surface area (Å²) in [6.07, 6.45) is 1.69. The minimum Gasteiger partial charge on any atom is -0.309 e. The van der Waals surface area contributed by atoms with E-state index < -0.39 is 0 Å². The highest BCUT2D eigenvalue weighted by atomic mass is 32.1. The molecule has 3 nitrogen and oxygen atoms in total. The monoisotopic (exact) mass is 370 g/mol. The zero-order chi connectivity index (χ0) is 18.1. The fraction of sp³-hybridized carbons (Fsp3) is 0.200. The average Bonchev–Trinajstić information content (AvgIpc) is 3.10. The van der Waals surface area contributed by atoms with Crippen LogP contribution < -0.4 is 4.90 Å². The number of halogens is 2. The molecule has 132 valence electrons. The lowest BCUT2D eigenvalue weighted by atomic mass is 10.0. The molecule has 0 spiro atoms. The molecule has 1 aliphatic rings. The smallest absolute Gasteiger partial charge is 0.233 e. The number of amides is 1. The van der Waals surface area contributed by atoms with Crippen molar-refractivity contribution in [3.63, 3.8) is 0 Å². The molecule has 0 N–H and O–H groups in total. The van der Waals surface area contributed by atoms with E-state index in [9.17, 15) is 13.6 Å². The van der Waals surface area contributed by atoms with Crippen molar-refractivity contribution in [2.45, 2.75) is 19.3 Å². The molecule has 0 aliphatic carbocycles. The van der Waals surface area contributed by atoms with Gasteiger partial charge < -0.3 is 4.90 Å². The molecule has 1 aliphatic heterocycles. The fourth-order valence-electron chi connectivity index (χ4n) is 3.25. The molecule has 0 radical (unpaired) electrons. The molecule has 0 fully saturated rings. The second-order valence-electron chi connectivity index (χ2n) is 6.23. The van der Waals surface area contributed by atoms with Gasteiger partial charge >= 0.3 is 0 Å². The van der Waals surface area contributed by atoms with E-state index in [1.54, 1.807) is 23.6 Å². The number of anilines is 1. The van der Waals surface area contributed by atoms with Gasteiger partial charge in [-0.15, -0.1) is 11.3 Å². The molecule has 0 saturated carbocycles. The summed E-state index contributed by atoms with van der Waals surface area (Å²) < 4.78 is 27.6. The van der Waals surface area contributed by atoms with Crippen LogP contribution in [0.5, 0.6) is 0 Å². The second-order valence-corrected chi connectivity index (χ2v) is 7.09. The van der Waals surface area contributed by atoms with Gasteiger partial charge in [0.25, 0.3) is 0 Å². The van der Waals surface area contributed by atoms with Crippen molar-refractivity contribution in [2.75, 3.05) is 11.4 Å². The molecule has 0 saturated heterocycles. The summed E-state index contributed by atoms with van der Waals surface area (Å²) >= 11 is 1.37. The van der Waals surface area contributed by atoms with Gasteiger partial charge in [0, 0.05) is 17.5 Å². The van der Waals surface area contributed by atoms with Crippen LogP contribution in [0.2, 0.25) is 0 Å². The van der Waals surface area contributed by atoms with Gasteiger partial charge in [0.2, 0.25) is 5.91 Å². The Kier molecular flexibility index (Phi) is 4.51. The zero-order valence-corrected chi connectivity index (χ0v) is 14.7. The van der Waals surface area contributed by atoms with Gasteiger partial charge in [-0.05, 0) is 36.6 Å². The van der Waals surface area contributed by atoms with Crippen LogP contribution in [-0.2, 0) is 17.6 Å². The quantitative estimate of drug-likeness (QED) is 0.675. The number of hydrogen-bond donors (Lipinski definition) is 0. The van der Waals surface area contributed by atoms with Crippen LogP contribution in [0, 0.1) is 11.6 Å². The molecule has 0 unspecified atom stereocenters. The summed E-state index contributed by atoms with van der Waals surface area (Å²) in [5.74, 6) is -0.864. The standard InChI is InChI=1S/C20H16F2N2OS/c21-15-7-1-5-14(10-15)20-23-16(12-26-20)11-18(25)24-9-3-6-13-4-2-8-17(22)19(13)24/h1-2,4-5,7-8,10,12H,3,6,9,11H2. The predicted octanol–water partition coefficient (Wildman–Crippen LogP) is 4.61. The Morgan fingerprint density at radius 3 is 2.88 bits per heavy atom.